The lowest BCUT2D eigenvalue weighted by Gasteiger charge is -2.51. The fourth-order valence-electron chi connectivity index (χ4n) is 6.37. The third kappa shape index (κ3) is 4.74. The van der Waals surface area contributed by atoms with Crippen molar-refractivity contribution >= 4 is 41.3 Å². The first-order valence-corrected chi connectivity index (χ1v) is 13.9. The Morgan fingerprint density at radius 3 is 2.55 bits per heavy atom. The third-order valence-electron chi connectivity index (χ3n) is 8.99. The predicted octanol–water partition coefficient (Wildman–Crippen LogP) is 2.69. The number of anilines is 1. The molecule has 2 bridgehead atoms. The van der Waals surface area contributed by atoms with Gasteiger partial charge in [0.25, 0.3) is 11.8 Å². The van der Waals surface area contributed by atoms with Crippen LogP contribution in [0.1, 0.15) is 65.1 Å². The first-order chi connectivity index (χ1) is 20.3. The van der Waals surface area contributed by atoms with Gasteiger partial charge in [0, 0.05) is 25.2 Å². The van der Waals surface area contributed by atoms with Gasteiger partial charge in [0.05, 0.1) is 30.7 Å². The summed E-state index contributed by atoms with van der Waals surface area (Å²) in [6.45, 7) is 0.713. The van der Waals surface area contributed by atoms with Crippen LogP contribution in [0.25, 0.3) is 5.65 Å². The molecule has 42 heavy (non-hydrogen) atoms. The highest BCUT2D eigenvalue weighted by Crippen LogP contribution is 2.57. The van der Waals surface area contributed by atoms with Crippen LogP contribution in [0, 0.1) is 21.6 Å². The second kappa shape index (κ2) is 10.5. The van der Waals surface area contributed by atoms with Gasteiger partial charge in [-0.15, -0.1) is 0 Å². The molecule has 0 saturated heterocycles. The van der Waals surface area contributed by atoms with Gasteiger partial charge < -0.3 is 20.1 Å². The van der Waals surface area contributed by atoms with E-state index in [1.807, 2.05) is 0 Å². The van der Waals surface area contributed by atoms with Gasteiger partial charge in [0.15, 0.2) is 5.65 Å². The molecule has 0 spiro atoms. The predicted molar refractivity (Wildman–Crippen MR) is 152 cm³/mol. The van der Waals surface area contributed by atoms with Gasteiger partial charge in [0.1, 0.15) is 29.6 Å². The number of aromatic nitrogens is 3. The van der Waals surface area contributed by atoms with E-state index in [2.05, 4.69) is 20.7 Å². The molecule has 1 aromatic carbocycles. The molecule has 13 heteroatoms. The molecular formula is C29H32N8O5. The van der Waals surface area contributed by atoms with E-state index in [0.29, 0.717) is 23.6 Å². The van der Waals surface area contributed by atoms with Crippen molar-refractivity contribution < 1.29 is 23.9 Å². The summed E-state index contributed by atoms with van der Waals surface area (Å²) in [6.07, 6.45) is 7.40. The number of hydrogen-bond acceptors (Lipinski definition) is 9. The molecule has 2 aromatic heterocycles. The van der Waals surface area contributed by atoms with Crippen LogP contribution in [0.15, 0.2) is 36.5 Å². The number of amidine groups is 1. The average molecular weight is 573 g/mol. The van der Waals surface area contributed by atoms with Crippen molar-refractivity contribution in [1.29, 1.82) is 10.8 Å². The summed E-state index contributed by atoms with van der Waals surface area (Å²) in [5, 5.41) is 25.8. The summed E-state index contributed by atoms with van der Waals surface area (Å²) in [7, 11) is 1.44. The van der Waals surface area contributed by atoms with Crippen molar-refractivity contribution in [1.82, 2.24) is 25.2 Å². The van der Waals surface area contributed by atoms with Crippen molar-refractivity contribution in [2.75, 3.05) is 25.2 Å². The van der Waals surface area contributed by atoms with Gasteiger partial charge in [-0.1, -0.05) is 6.07 Å². The van der Waals surface area contributed by atoms with E-state index < -0.39 is 5.91 Å². The number of nitrogens with one attached hydrogen (secondary N) is 4. The van der Waals surface area contributed by atoms with Crippen LogP contribution in [0.3, 0.4) is 0 Å². The molecule has 0 atom stereocenters. The van der Waals surface area contributed by atoms with E-state index in [-0.39, 0.29) is 53.1 Å². The van der Waals surface area contributed by atoms with Crippen molar-refractivity contribution in [2.45, 2.75) is 45.1 Å². The maximum Gasteiger partial charge on any atom is 0.311 e. The topological polar surface area (TPSA) is 175 Å². The zero-order chi connectivity index (χ0) is 29.5. The number of nitrogens with zero attached hydrogens (tertiary/aromatic N) is 4. The summed E-state index contributed by atoms with van der Waals surface area (Å²) < 4.78 is 12.0. The normalized spacial score (nSPS) is 22.7. The molecule has 4 aliphatic rings. The molecule has 0 radical (unpaired) electrons. The van der Waals surface area contributed by atoms with Crippen LogP contribution in [-0.2, 0) is 16.1 Å². The number of hydrogen-bond donors (Lipinski definition) is 4. The maximum atomic E-state index is 13.4. The molecule has 0 unspecified atom stereocenters. The monoisotopic (exact) mass is 572 g/mol. The number of benzene rings is 1. The van der Waals surface area contributed by atoms with Crippen molar-refractivity contribution in [2.24, 2.45) is 10.8 Å². The van der Waals surface area contributed by atoms with Crippen LogP contribution in [0.2, 0.25) is 0 Å². The number of esters is 1. The summed E-state index contributed by atoms with van der Waals surface area (Å²) in [4.78, 5) is 44.7. The molecule has 13 nitrogen and oxygen atoms in total. The Kier molecular flexibility index (Phi) is 6.87. The standard InChI is InChI=1S/C29H32N8O5/c1-41-27(40)29-8-5-28(6-9-29,7-10-29)16-33-26(39)21-13-19(35-24-4-11-34-37(21)24)25(38)32-14-18-2-3-22-20(12-18)36(17-30)23(31)15-42-22/h2-4,11-13,17,30-31H,5-10,14-16H2,1H3,(H,32,38)(H,33,39). The highest BCUT2D eigenvalue weighted by molar-refractivity contribution is 6.12. The Morgan fingerprint density at radius 1 is 1.07 bits per heavy atom. The van der Waals surface area contributed by atoms with Gasteiger partial charge in [0.2, 0.25) is 0 Å². The Balaban J connectivity index is 1.14. The first-order valence-electron chi connectivity index (χ1n) is 13.9. The van der Waals surface area contributed by atoms with Gasteiger partial charge in [-0.3, -0.25) is 30.1 Å². The largest absolute Gasteiger partial charge is 0.483 e. The molecule has 1 aliphatic heterocycles. The fourth-order valence-corrected chi connectivity index (χ4v) is 6.37. The number of carbonyl (C=O) groups excluding carboxylic acids is 3. The number of rotatable bonds is 8. The van der Waals surface area contributed by atoms with Gasteiger partial charge in [-0.25, -0.2) is 9.50 Å². The van der Waals surface area contributed by atoms with E-state index in [1.165, 1.54) is 28.8 Å². The molecule has 7 rings (SSSR count). The molecule has 2 amide bonds. The molecule has 218 valence electrons. The molecule has 4 N–H and O–H groups in total. The molecular weight excluding hydrogens is 540 g/mol. The minimum atomic E-state index is -0.462. The molecule has 3 fully saturated rings. The van der Waals surface area contributed by atoms with Crippen LogP contribution >= 0.6 is 0 Å². The SMILES string of the molecule is COC(=O)C12CCC(CNC(=O)c3cc(C(=O)NCc4ccc5c(c4)N(C=N)C(=N)CO5)nc4ccnn34)(CC1)CC2. The zero-order valence-corrected chi connectivity index (χ0v) is 23.2. The third-order valence-corrected chi connectivity index (χ3v) is 8.99. The van der Waals surface area contributed by atoms with E-state index in [1.54, 1.807) is 24.3 Å². The van der Waals surface area contributed by atoms with Crippen molar-refractivity contribution in [3.8, 4) is 5.75 Å². The summed E-state index contributed by atoms with van der Waals surface area (Å²) in [5.74, 6) is -0.247. The van der Waals surface area contributed by atoms with E-state index in [4.69, 9.17) is 20.3 Å². The van der Waals surface area contributed by atoms with Crippen LogP contribution < -0.4 is 20.3 Å². The minimum Gasteiger partial charge on any atom is -0.483 e. The van der Waals surface area contributed by atoms with Crippen LogP contribution in [0.5, 0.6) is 5.75 Å². The quantitative estimate of drug-likeness (QED) is 0.181. The van der Waals surface area contributed by atoms with Crippen molar-refractivity contribution in [3.63, 3.8) is 0 Å². The summed E-state index contributed by atoms with van der Waals surface area (Å²) in [6, 6.07) is 8.36. The zero-order valence-electron chi connectivity index (χ0n) is 23.2. The molecule has 3 saturated carbocycles. The summed E-state index contributed by atoms with van der Waals surface area (Å²) in [5.41, 5.74) is 1.50. The number of carbonyl (C=O) groups is 3. The smallest absolute Gasteiger partial charge is 0.311 e. The van der Waals surface area contributed by atoms with Gasteiger partial charge >= 0.3 is 5.97 Å². The number of ether oxygens (including phenoxy) is 2. The van der Waals surface area contributed by atoms with Crippen molar-refractivity contribution in [3.05, 3.63) is 53.5 Å². The number of amides is 2. The summed E-state index contributed by atoms with van der Waals surface area (Å²) >= 11 is 0. The Hall–Kier alpha value is -4.81. The molecule has 3 aromatic rings. The van der Waals surface area contributed by atoms with E-state index in [9.17, 15) is 14.4 Å². The maximum absolute atomic E-state index is 13.4. The Morgan fingerprint density at radius 2 is 1.83 bits per heavy atom. The highest BCUT2D eigenvalue weighted by atomic mass is 16.5. The van der Waals surface area contributed by atoms with Crippen LogP contribution in [0.4, 0.5) is 5.69 Å². The number of methoxy groups -OCH3 is 1. The second-order valence-corrected chi connectivity index (χ2v) is 11.3. The highest BCUT2D eigenvalue weighted by Gasteiger charge is 2.53. The van der Waals surface area contributed by atoms with Gasteiger partial charge in [-0.05, 0) is 61.6 Å². The lowest BCUT2D eigenvalue weighted by atomic mass is 9.53. The minimum absolute atomic E-state index is 0.0619. The molecule has 3 heterocycles. The lowest BCUT2D eigenvalue weighted by molar-refractivity contribution is -0.162. The van der Waals surface area contributed by atoms with E-state index >= 15 is 0 Å². The average Bonchev–Trinajstić information content (AvgIpc) is 3.51. The first kappa shape index (κ1) is 27.4. The molecule has 3 aliphatic carbocycles. The lowest BCUT2D eigenvalue weighted by Crippen LogP contribution is -2.50. The van der Waals surface area contributed by atoms with Gasteiger partial charge in [-0.2, -0.15) is 5.10 Å². The Bertz CT molecular complexity index is 1590. The Labute approximate surface area is 241 Å². The second-order valence-electron chi connectivity index (χ2n) is 11.3. The van der Waals surface area contributed by atoms with Crippen LogP contribution in [-0.4, -0.2) is 64.8 Å². The number of fused-ring (bicyclic) bond motifs is 5. The fraction of sp³-hybridized carbons (Fsp3) is 0.414. The van der Waals surface area contributed by atoms with E-state index in [0.717, 1.165) is 50.4 Å².